The Labute approximate surface area is 233 Å². The van der Waals surface area contributed by atoms with Gasteiger partial charge in [0.15, 0.2) is 0 Å². The van der Waals surface area contributed by atoms with E-state index in [2.05, 4.69) is 5.32 Å². The number of hydrogen-bond donors (Lipinski definition) is 1. The van der Waals surface area contributed by atoms with Gasteiger partial charge in [0.05, 0.1) is 31.3 Å². The molecule has 0 atom stereocenters. The summed E-state index contributed by atoms with van der Waals surface area (Å²) in [5, 5.41) is 2.80. The number of anilines is 1. The van der Waals surface area contributed by atoms with E-state index in [1.54, 1.807) is 36.4 Å². The number of sulfonamides is 2. The third-order valence-electron chi connectivity index (χ3n) is 6.49. The van der Waals surface area contributed by atoms with Crippen molar-refractivity contribution in [2.24, 2.45) is 0 Å². The molecule has 3 aromatic carbocycles. The Hall–Kier alpha value is -3.33. The molecule has 212 valence electrons. The summed E-state index contributed by atoms with van der Waals surface area (Å²) in [7, 11) is -8.09. The molecule has 0 spiro atoms. The lowest BCUT2D eigenvalue weighted by molar-refractivity contribution is 0.0728. The first-order chi connectivity index (χ1) is 19.2. The van der Waals surface area contributed by atoms with Crippen LogP contribution < -0.4 is 10.1 Å². The van der Waals surface area contributed by atoms with E-state index in [4.69, 9.17) is 14.2 Å². The lowest BCUT2D eigenvalue weighted by Gasteiger charge is -2.28. The van der Waals surface area contributed by atoms with Gasteiger partial charge >= 0.3 is 0 Å². The van der Waals surface area contributed by atoms with Gasteiger partial charge in [0.2, 0.25) is 20.0 Å². The third kappa shape index (κ3) is 6.19. The smallest absolute Gasteiger partial charge is 0.255 e. The highest BCUT2D eigenvalue weighted by molar-refractivity contribution is 7.90. The topological polar surface area (TPSA) is 132 Å². The van der Waals surface area contributed by atoms with E-state index in [1.165, 1.54) is 20.7 Å². The number of carbonyl (C=O) groups excluding carboxylic acids is 1. The van der Waals surface area contributed by atoms with Crippen LogP contribution in [0.2, 0.25) is 0 Å². The average molecular weight is 588 g/mol. The van der Waals surface area contributed by atoms with Gasteiger partial charge in [-0.3, -0.25) is 4.79 Å². The molecule has 0 unspecified atom stereocenters. The highest BCUT2D eigenvalue weighted by Crippen LogP contribution is 2.34. The van der Waals surface area contributed by atoms with E-state index in [-0.39, 0.29) is 79.8 Å². The van der Waals surface area contributed by atoms with Crippen LogP contribution in [0.1, 0.15) is 10.4 Å². The number of carbonyl (C=O) groups is 1. The second-order valence-corrected chi connectivity index (χ2v) is 12.9. The molecule has 1 amide bonds. The lowest BCUT2D eigenvalue weighted by Crippen LogP contribution is -2.41. The van der Waals surface area contributed by atoms with Gasteiger partial charge in [-0.15, -0.1) is 0 Å². The first-order valence-electron chi connectivity index (χ1n) is 12.7. The number of nitrogens with one attached hydrogen (secondary N) is 1. The van der Waals surface area contributed by atoms with Crippen molar-refractivity contribution in [3.8, 4) is 11.5 Å². The van der Waals surface area contributed by atoms with Crippen LogP contribution in [0.15, 0.2) is 82.6 Å². The Kier molecular flexibility index (Phi) is 8.49. The number of para-hydroxylation sites is 1. The maximum absolute atomic E-state index is 13.7. The molecule has 5 rings (SSSR count). The van der Waals surface area contributed by atoms with Crippen molar-refractivity contribution < 1.29 is 35.8 Å². The van der Waals surface area contributed by atoms with Crippen molar-refractivity contribution in [3.63, 3.8) is 0 Å². The van der Waals surface area contributed by atoms with E-state index >= 15 is 0 Å². The molecule has 2 aliphatic rings. The van der Waals surface area contributed by atoms with Gasteiger partial charge in [-0.1, -0.05) is 18.2 Å². The van der Waals surface area contributed by atoms with Gasteiger partial charge in [0.1, 0.15) is 16.4 Å². The molecule has 2 aliphatic heterocycles. The Morgan fingerprint density at radius 2 is 1.30 bits per heavy atom. The molecular formula is C27H29N3O8S2. The molecule has 0 saturated carbocycles. The molecule has 0 radical (unpaired) electrons. The van der Waals surface area contributed by atoms with Crippen LogP contribution in [-0.2, 0) is 29.5 Å². The van der Waals surface area contributed by atoms with Crippen molar-refractivity contribution >= 4 is 31.6 Å². The van der Waals surface area contributed by atoms with Crippen LogP contribution in [0.3, 0.4) is 0 Å². The number of morpholine rings is 2. The Morgan fingerprint density at radius 3 is 1.90 bits per heavy atom. The molecule has 2 fully saturated rings. The summed E-state index contributed by atoms with van der Waals surface area (Å²) in [5.41, 5.74) is 1.03. The van der Waals surface area contributed by atoms with E-state index in [9.17, 15) is 21.6 Å². The summed E-state index contributed by atoms with van der Waals surface area (Å²) in [6.45, 7) is 1.60. The average Bonchev–Trinajstić information content (AvgIpc) is 2.99. The molecular weight excluding hydrogens is 558 g/mol. The number of nitrogens with zero attached hydrogens (tertiary/aromatic N) is 2. The first-order valence-corrected chi connectivity index (χ1v) is 15.6. The molecule has 0 aliphatic carbocycles. The van der Waals surface area contributed by atoms with Crippen molar-refractivity contribution in [2.75, 3.05) is 57.9 Å². The van der Waals surface area contributed by atoms with Crippen molar-refractivity contribution in [2.45, 2.75) is 9.79 Å². The van der Waals surface area contributed by atoms with Crippen molar-refractivity contribution in [1.82, 2.24) is 8.61 Å². The summed E-state index contributed by atoms with van der Waals surface area (Å²) in [6, 6.07) is 19.0. The molecule has 13 heteroatoms. The van der Waals surface area contributed by atoms with Crippen LogP contribution in [0.4, 0.5) is 5.69 Å². The molecule has 3 aromatic rings. The monoisotopic (exact) mass is 587 g/mol. The molecule has 2 saturated heterocycles. The molecule has 2 heterocycles. The molecule has 11 nitrogen and oxygen atoms in total. The summed E-state index contributed by atoms with van der Waals surface area (Å²) in [5.74, 6) is -0.0709. The molecule has 40 heavy (non-hydrogen) atoms. The number of rotatable bonds is 8. The van der Waals surface area contributed by atoms with E-state index in [1.807, 2.05) is 18.2 Å². The predicted molar refractivity (Wildman–Crippen MR) is 147 cm³/mol. The quantitative estimate of drug-likeness (QED) is 0.426. The fourth-order valence-corrected chi connectivity index (χ4v) is 7.38. The Bertz CT molecular complexity index is 1550. The van der Waals surface area contributed by atoms with Crippen LogP contribution >= 0.6 is 0 Å². The fourth-order valence-electron chi connectivity index (χ4n) is 4.32. The predicted octanol–water partition coefficient (Wildman–Crippen LogP) is 2.77. The Morgan fingerprint density at radius 1 is 0.725 bits per heavy atom. The maximum Gasteiger partial charge on any atom is 0.255 e. The zero-order chi connectivity index (χ0) is 28.2. The second-order valence-electron chi connectivity index (χ2n) is 9.09. The molecule has 0 bridgehead atoms. The van der Waals surface area contributed by atoms with Crippen molar-refractivity contribution in [3.05, 3.63) is 78.4 Å². The zero-order valence-corrected chi connectivity index (χ0v) is 23.2. The van der Waals surface area contributed by atoms with E-state index in [0.29, 0.717) is 11.3 Å². The summed E-state index contributed by atoms with van der Waals surface area (Å²) in [4.78, 5) is 12.2. The molecule has 1 N–H and O–H groups in total. The SMILES string of the molecule is O=C(Nc1ccccc1)c1ccc(Oc2ccc(S(=O)(=O)N3CCOCC3)cc2S(=O)(=O)N2CCOCC2)cc1. The highest BCUT2D eigenvalue weighted by Gasteiger charge is 2.33. The maximum atomic E-state index is 13.7. The van der Waals surface area contributed by atoms with Gasteiger partial charge in [0, 0.05) is 37.4 Å². The zero-order valence-electron chi connectivity index (χ0n) is 21.6. The first kappa shape index (κ1) is 28.2. The number of benzene rings is 3. The van der Waals surface area contributed by atoms with Gasteiger partial charge in [0.25, 0.3) is 5.91 Å². The standard InChI is InChI=1S/C27H29N3O8S2/c31-27(28-22-4-2-1-3-5-22)21-6-8-23(9-7-21)38-25-11-10-24(39(32,33)29-12-16-36-17-13-29)20-26(25)40(34,35)30-14-18-37-19-15-30/h1-11,20H,12-19H2,(H,28,31). The minimum atomic E-state index is -4.13. The number of hydrogen-bond acceptors (Lipinski definition) is 8. The second kappa shape index (κ2) is 12.0. The van der Waals surface area contributed by atoms with E-state index < -0.39 is 20.0 Å². The van der Waals surface area contributed by atoms with Gasteiger partial charge in [-0.2, -0.15) is 8.61 Å². The van der Waals surface area contributed by atoms with Crippen LogP contribution in [0, 0.1) is 0 Å². The minimum Gasteiger partial charge on any atom is -0.456 e. The van der Waals surface area contributed by atoms with Crippen LogP contribution in [0.5, 0.6) is 11.5 Å². The van der Waals surface area contributed by atoms with Gasteiger partial charge < -0.3 is 19.5 Å². The van der Waals surface area contributed by atoms with Crippen LogP contribution in [0.25, 0.3) is 0 Å². The number of amides is 1. The minimum absolute atomic E-state index is 0.0334. The summed E-state index contributed by atoms with van der Waals surface area (Å²) in [6.07, 6.45) is 0. The van der Waals surface area contributed by atoms with Gasteiger partial charge in [-0.05, 0) is 54.6 Å². The third-order valence-corrected chi connectivity index (χ3v) is 10.3. The van der Waals surface area contributed by atoms with Crippen LogP contribution in [-0.4, -0.2) is 84.0 Å². The van der Waals surface area contributed by atoms with E-state index in [0.717, 1.165) is 6.07 Å². The van der Waals surface area contributed by atoms with Gasteiger partial charge in [-0.25, -0.2) is 16.8 Å². The lowest BCUT2D eigenvalue weighted by atomic mass is 10.2. The fraction of sp³-hybridized carbons (Fsp3) is 0.296. The highest BCUT2D eigenvalue weighted by atomic mass is 32.2. The summed E-state index contributed by atoms with van der Waals surface area (Å²) >= 11 is 0. The summed E-state index contributed by atoms with van der Waals surface area (Å²) < 4.78 is 73.0. The largest absolute Gasteiger partial charge is 0.456 e. The normalized spacial score (nSPS) is 17.3. The van der Waals surface area contributed by atoms with Crippen molar-refractivity contribution in [1.29, 1.82) is 0 Å². The number of ether oxygens (including phenoxy) is 3. The Balaban J connectivity index is 1.44. The molecule has 0 aromatic heterocycles.